The number of halogens is 2. The van der Waals surface area contributed by atoms with Crippen LogP contribution in [0.5, 0.6) is 0 Å². The van der Waals surface area contributed by atoms with Crippen molar-refractivity contribution in [2.24, 2.45) is 0 Å². The van der Waals surface area contributed by atoms with E-state index in [0.717, 1.165) is 21.2 Å². The highest BCUT2D eigenvalue weighted by Crippen LogP contribution is 2.19. The van der Waals surface area contributed by atoms with E-state index in [1.807, 2.05) is 32.0 Å². The highest BCUT2D eigenvalue weighted by atomic mass is 127. The maximum absolute atomic E-state index is 11.6. The Balaban J connectivity index is 2.80. The van der Waals surface area contributed by atoms with Gasteiger partial charge in [-0.25, -0.2) is 0 Å². The van der Waals surface area contributed by atoms with Crippen LogP contribution in [0.3, 0.4) is 0 Å². The van der Waals surface area contributed by atoms with Gasteiger partial charge in [0.05, 0.1) is 4.83 Å². The summed E-state index contributed by atoms with van der Waals surface area (Å²) in [7, 11) is 0. The lowest BCUT2D eigenvalue weighted by Crippen LogP contribution is -2.22. The van der Waals surface area contributed by atoms with Crippen LogP contribution in [-0.2, 0) is 4.79 Å². The number of amides is 1. The Morgan fingerprint density at radius 2 is 2.27 bits per heavy atom. The zero-order valence-electron chi connectivity index (χ0n) is 8.68. The minimum absolute atomic E-state index is 0.0163. The van der Waals surface area contributed by atoms with Gasteiger partial charge in [-0.05, 0) is 53.6 Å². The molecule has 0 aliphatic carbocycles. The molecule has 1 aromatic carbocycles. The average Bonchev–Trinajstić information content (AvgIpc) is 2.22. The number of alkyl halides is 1. The molecule has 0 heterocycles. The molecule has 0 saturated heterocycles. The van der Waals surface area contributed by atoms with Gasteiger partial charge in [0.15, 0.2) is 0 Å². The second-order valence-electron chi connectivity index (χ2n) is 3.32. The fourth-order valence-corrected chi connectivity index (χ4v) is 1.73. The van der Waals surface area contributed by atoms with Crippen LogP contribution in [0.15, 0.2) is 18.2 Å². The summed E-state index contributed by atoms with van der Waals surface area (Å²) in [6.45, 7) is 3.96. The molecule has 1 N–H and O–H groups in total. The van der Waals surface area contributed by atoms with Crippen molar-refractivity contribution < 1.29 is 4.79 Å². The van der Waals surface area contributed by atoms with E-state index in [4.69, 9.17) is 0 Å². The van der Waals surface area contributed by atoms with Gasteiger partial charge in [-0.2, -0.15) is 0 Å². The molecule has 1 rings (SSSR count). The third-order valence-electron chi connectivity index (χ3n) is 2.10. The molecule has 4 heteroatoms. The average molecular weight is 382 g/mol. The molecule has 2 nitrogen and oxygen atoms in total. The molecule has 0 spiro atoms. The summed E-state index contributed by atoms with van der Waals surface area (Å²) in [6, 6.07) is 6.01. The largest absolute Gasteiger partial charge is 0.325 e. The van der Waals surface area contributed by atoms with Gasteiger partial charge in [-0.15, -0.1) is 0 Å². The van der Waals surface area contributed by atoms with Crippen molar-refractivity contribution in [1.29, 1.82) is 0 Å². The molecule has 0 bridgehead atoms. The van der Waals surface area contributed by atoms with E-state index in [2.05, 4.69) is 43.8 Å². The van der Waals surface area contributed by atoms with Crippen molar-refractivity contribution in [2.75, 3.05) is 5.32 Å². The van der Waals surface area contributed by atoms with Gasteiger partial charge in [0.25, 0.3) is 0 Å². The third kappa shape index (κ3) is 3.75. The van der Waals surface area contributed by atoms with E-state index in [-0.39, 0.29) is 10.7 Å². The molecule has 1 unspecified atom stereocenters. The Morgan fingerprint density at radius 1 is 1.60 bits per heavy atom. The predicted molar refractivity (Wildman–Crippen MR) is 75.5 cm³/mol. The minimum atomic E-state index is -0.116. The van der Waals surface area contributed by atoms with Crippen LogP contribution in [0.1, 0.15) is 18.9 Å². The van der Waals surface area contributed by atoms with E-state index in [1.54, 1.807) is 0 Å². The first-order chi connectivity index (χ1) is 7.04. The van der Waals surface area contributed by atoms with E-state index >= 15 is 0 Å². The highest BCUT2D eigenvalue weighted by Gasteiger charge is 2.13. The topological polar surface area (TPSA) is 29.1 Å². The van der Waals surface area contributed by atoms with Gasteiger partial charge in [0.1, 0.15) is 0 Å². The first-order valence-corrected chi connectivity index (χ1v) is 6.75. The zero-order valence-corrected chi connectivity index (χ0v) is 12.4. The SMILES string of the molecule is CCC(Br)C(=O)Nc1cc(I)ccc1C. The predicted octanol–water partition coefficient (Wildman–Crippen LogP) is 3.71. The van der Waals surface area contributed by atoms with Crippen LogP contribution in [-0.4, -0.2) is 10.7 Å². The zero-order chi connectivity index (χ0) is 11.4. The Kier molecular flexibility index (Phi) is 5.05. The van der Waals surface area contributed by atoms with E-state index < -0.39 is 0 Å². The minimum Gasteiger partial charge on any atom is -0.325 e. The second kappa shape index (κ2) is 5.84. The van der Waals surface area contributed by atoms with Crippen LogP contribution in [0.2, 0.25) is 0 Å². The molecular weight excluding hydrogens is 369 g/mol. The molecule has 0 saturated carbocycles. The third-order valence-corrected chi connectivity index (χ3v) is 3.83. The van der Waals surface area contributed by atoms with Crippen molar-refractivity contribution >= 4 is 50.1 Å². The molecule has 0 fully saturated rings. The molecule has 0 aromatic heterocycles. The molecule has 1 amide bonds. The summed E-state index contributed by atoms with van der Waals surface area (Å²) >= 11 is 5.56. The fraction of sp³-hybridized carbons (Fsp3) is 0.364. The summed E-state index contributed by atoms with van der Waals surface area (Å²) in [5.74, 6) is 0.0163. The van der Waals surface area contributed by atoms with Gasteiger partial charge >= 0.3 is 0 Å². The number of hydrogen-bond donors (Lipinski definition) is 1. The Labute approximate surface area is 112 Å². The Bertz CT molecular complexity index is 368. The quantitative estimate of drug-likeness (QED) is 0.627. The molecule has 82 valence electrons. The van der Waals surface area contributed by atoms with Gasteiger partial charge in [-0.3, -0.25) is 4.79 Å². The molecule has 15 heavy (non-hydrogen) atoms. The number of carbonyl (C=O) groups excluding carboxylic acids is 1. The molecule has 0 aliphatic heterocycles. The fourth-order valence-electron chi connectivity index (χ4n) is 1.13. The molecule has 0 radical (unpaired) electrons. The van der Waals surface area contributed by atoms with Crippen molar-refractivity contribution in [3.8, 4) is 0 Å². The number of rotatable bonds is 3. The normalized spacial score (nSPS) is 12.3. The lowest BCUT2D eigenvalue weighted by molar-refractivity contribution is -0.115. The van der Waals surface area contributed by atoms with Crippen molar-refractivity contribution in [1.82, 2.24) is 0 Å². The number of nitrogens with one attached hydrogen (secondary N) is 1. The smallest absolute Gasteiger partial charge is 0.238 e. The van der Waals surface area contributed by atoms with Crippen LogP contribution in [0.25, 0.3) is 0 Å². The second-order valence-corrected chi connectivity index (χ2v) is 5.68. The van der Waals surface area contributed by atoms with E-state index in [0.29, 0.717) is 0 Å². The van der Waals surface area contributed by atoms with Gasteiger partial charge in [0, 0.05) is 9.26 Å². The summed E-state index contributed by atoms with van der Waals surface area (Å²) < 4.78 is 1.12. The van der Waals surface area contributed by atoms with Crippen LogP contribution in [0, 0.1) is 10.5 Å². The van der Waals surface area contributed by atoms with Gasteiger partial charge < -0.3 is 5.32 Å². The Morgan fingerprint density at radius 3 is 2.87 bits per heavy atom. The molecule has 1 aromatic rings. The standard InChI is InChI=1S/C11H13BrINO/c1-3-9(12)11(15)14-10-6-8(13)5-4-7(10)2/h4-6,9H,3H2,1-2H3,(H,14,15). The van der Waals surface area contributed by atoms with Crippen LogP contribution in [0.4, 0.5) is 5.69 Å². The van der Waals surface area contributed by atoms with Crippen molar-refractivity contribution in [3.63, 3.8) is 0 Å². The summed E-state index contributed by atoms with van der Waals surface area (Å²) in [5, 5.41) is 2.91. The number of hydrogen-bond acceptors (Lipinski definition) is 1. The van der Waals surface area contributed by atoms with Gasteiger partial charge in [0.2, 0.25) is 5.91 Å². The summed E-state index contributed by atoms with van der Waals surface area (Å²) in [5.41, 5.74) is 1.98. The van der Waals surface area contributed by atoms with E-state index in [1.165, 1.54) is 0 Å². The molecule has 1 atom stereocenters. The number of benzene rings is 1. The van der Waals surface area contributed by atoms with Crippen LogP contribution < -0.4 is 5.32 Å². The highest BCUT2D eigenvalue weighted by molar-refractivity contribution is 14.1. The summed E-state index contributed by atoms with van der Waals surface area (Å²) in [4.78, 5) is 11.5. The van der Waals surface area contributed by atoms with E-state index in [9.17, 15) is 4.79 Å². The van der Waals surface area contributed by atoms with Crippen LogP contribution >= 0.6 is 38.5 Å². The first-order valence-electron chi connectivity index (χ1n) is 4.75. The monoisotopic (exact) mass is 381 g/mol. The Hall–Kier alpha value is -0.100. The lowest BCUT2D eigenvalue weighted by Gasteiger charge is -2.11. The van der Waals surface area contributed by atoms with Gasteiger partial charge in [-0.1, -0.05) is 28.9 Å². The first kappa shape index (κ1) is 13.0. The van der Waals surface area contributed by atoms with Crippen molar-refractivity contribution in [2.45, 2.75) is 25.1 Å². The number of aryl methyl sites for hydroxylation is 1. The maximum atomic E-state index is 11.6. The number of carbonyl (C=O) groups is 1. The number of anilines is 1. The summed E-state index contributed by atoms with van der Waals surface area (Å²) in [6.07, 6.45) is 0.787. The molecule has 0 aliphatic rings. The molecular formula is C11H13BrINO. The maximum Gasteiger partial charge on any atom is 0.238 e. The van der Waals surface area contributed by atoms with Crippen molar-refractivity contribution in [3.05, 3.63) is 27.3 Å². The lowest BCUT2D eigenvalue weighted by atomic mass is 10.2.